The highest BCUT2D eigenvalue weighted by molar-refractivity contribution is 7.36. The number of nitrogens with two attached hydrogens (primary N) is 1. The minimum Gasteiger partial charge on any atom is -0.479 e. The van der Waals surface area contributed by atoms with Crippen LogP contribution in [0.2, 0.25) is 0 Å². The highest BCUT2D eigenvalue weighted by atomic mass is 31.1. The summed E-state index contributed by atoms with van der Waals surface area (Å²) in [6.07, 6.45) is -1.07. The van der Waals surface area contributed by atoms with Gasteiger partial charge in [0.05, 0.1) is 19.5 Å². The number of aromatic nitrogens is 4. The fourth-order valence-electron chi connectivity index (χ4n) is 5.35. The Bertz CT molecular complexity index is 1420. The van der Waals surface area contributed by atoms with Crippen molar-refractivity contribution in [3.05, 3.63) is 42.2 Å². The number of anilines is 1. The Balaban J connectivity index is 1.24. The molecule has 1 saturated carbocycles. The molecule has 2 aromatic heterocycles. The number of carbonyl (C=O) groups is 1. The van der Waals surface area contributed by atoms with Gasteiger partial charge >= 0.3 is 14.1 Å². The SMILES string of the molecule is COc1nc(N)nc2c1ncn2C1C2(C)OC(CO[P+](=O)NC(Cc3ccccc3)C(=O)OC(C)C)C(O)C12O. The van der Waals surface area contributed by atoms with E-state index in [0.29, 0.717) is 11.2 Å². The molecule has 40 heavy (non-hydrogen) atoms. The quantitative estimate of drug-likeness (QED) is 0.187. The Hall–Kier alpha value is -3.26. The molecule has 1 aliphatic heterocycles. The third-order valence-electron chi connectivity index (χ3n) is 7.26. The molecule has 5 rings (SSSR count). The number of fused-ring (bicyclic) bond motifs is 2. The molecule has 1 aliphatic carbocycles. The molecular weight excluding hydrogens is 543 g/mol. The van der Waals surface area contributed by atoms with Gasteiger partial charge in [-0.2, -0.15) is 9.97 Å². The number of hydrogen-bond acceptors (Lipinski definition) is 12. The van der Waals surface area contributed by atoms with Crippen LogP contribution < -0.4 is 15.6 Å². The highest BCUT2D eigenvalue weighted by Gasteiger charge is 2.85. The van der Waals surface area contributed by atoms with Crippen LogP contribution in [0.1, 0.15) is 32.4 Å². The summed E-state index contributed by atoms with van der Waals surface area (Å²) in [6, 6.07) is 7.55. The van der Waals surface area contributed by atoms with Crippen molar-refractivity contribution in [1.29, 1.82) is 0 Å². The number of nitrogens with zero attached hydrogens (tertiary/aromatic N) is 4. The summed E-state index contributed by atoms with van der Waals surface area (Å²) in [4.78, 5) is 25.1. The lowest BCUT2D eigenvalue weighted by atomic mass is 10.1. The number of ether oxygens (including phenoxy) is 3. The number of rotatable bonds is 11. The average molecular weight is 576 g/mol. The highest BCUT2D eigenvalue weighted by Crippen LogP contribution is 2.67. The fraction of sp³-hybridized carbons (Fsp3) is 0.520. The number of imidazole rings is 1. The molecule has 2 fully saturated rings. The Labute approximate surface area is 230 Å². The van der Waals surface area contributed by atoms with Crippen molar-refractivity contribution in [2.75, 3.05) is 19.5 Å². The van der Waals surface area contributed by atoms with Crippen molar-refractivity contribution in [2.45, 2.75) is 68.8 Å². The second-order valence-electron chi connectivity index (χ2n) is 10.3. The number of methoxy groups -OCH3 is 1. The van der Waals surface area contributed by atoms with Crippen molar-refractivity contribution in [3.8, 4) is 5.88 Å². The predicted octanol–water partition coefficient (Wildman–Crippen LogP) is 1.05. The van der Waals surface area contributed by atoms with Crippen LogP contribution in [0, 0.1) is 0 Å². The Kier molecular flexibility index (Phi) is 7.50. The zero-order valence-electron chi connectivity index (χ0n) is 22.4. The first kappa shape index (κ1) is 28.3. The van der Waals surface area contributed by atoms with Crippen LogP contribution in [0.3, 0.4) is 0 Å². The third kappa shape index (κ3) is 4.80. The van der Waals surface area contributed by atoms with E-state index in [4.69, 9.17) is 24.5 Å². The lowest BCUT2D eigenvalue weighted by Gasteiger charge is -2.22. The van der Waals surface area contributed by atoms with Crippen LogP contribution in [0.25, 0.3) is 11.2 Å². The third-order valence-corrected chi connectivity index (χ3v) is 8.17. The molecule has 7 atom stereocenters. The summed E-state index contributed by atoms with van der Waals surface area (Å²) in [5.74, 6) is -0.431. The van der Waals surface area contributed by atoms with E-state index in [1.807, 2.05) is 30.3 Å². The number of esters is 1. The van der Waals surface area contributed by atoms with Crippen LogP contribution in [-0.2, 0) is 29.8 Å². The molecule has 0 bridgehead atoms. The van der Waals surface area contributed by atoms with Gasteiger partial charge in [0.1, 0.15) is 36.1 Å². The van der Waals surface area contributed by atoms with Crippen LogP contribution in [0.5, 0.6) is 5.88 Å². The van der Waals surface area contributed by atoms with E-state index in [1.54, 1.807) is 25.3 Å². The summed E-state index contributed by atoms with van der Waals surface area (Å²) in [5.41, 5.74) is 4.36. The molecular formula is C25H32N6O8P+. The molecule has 1 saturated heterocycles. The molecule has 5 N–H and O–H groups in total. The first-order valence-electron chi connectivity index (χ1n) is 12.7. The predicted molar refractivity (Wildman–Crippen MR) is 141 cm³/mol. The molecule has 214 valence electrons. The first-order chi connectivity index (χ1) is 19.0. The van der Waals surface area contributed by atoms with Gasteiger partial charge < -0.3 is 34.7 Å². The van der Waals surface area contributed by atoms with E-state index in [2.05, 4.69) is 20.0 Å². The van der Waals surface area contributed by atoms with Crippen molar-refractivity contribution in [1.82, 2.24) is 24.6 Å². The van der Waals surface area contributed by atoms with Crippen molar-refractivity contribution >= 4 is 31.3 Å². The van der Waals surface area contributed by atoms with E-state index in [1.165, 1.54) is 13.4 Å². The molecule has 2 aliphatic rings. The fourth-order valence-corrected chi connectivity index (χ4v) is 6.15. The number of benzene rings is 1. The van der Waals surface area contributed by atoms with E-state index < -0.39 is 49.6 Å². The van der Waals surface area contributed by atoms with Gasteiger partial charge in [0.25, 0.3) is 0 Å². The number of hydrogen-bond donors (Lipinski definition) is 4. The minimum atomic E-state index is -2.56. The lowest BCUT2D eigenvalue weighted by molar-refractivity contribution is -0.149. The Morgan fingerprint density at radius 1 is 1.30 bits per heavy atom. The second kappa shape index (κ2) is 10.6. The number of nitrogen functional groups attached to an aromatic ring is 1. The maximum absolute atomic E-state index is 12.8. The first-order valence-corrected chi connectivity index (χ1v) is 13.9. The summed E-state index contributed by atoms with van der Waals surface area (Å²) in [7, 11) is -1.13. The zero-order valence-corrected chi connectivity index (χ0v) is 23.3. The van der Waals surface area contributed by atoms with E-state index >= 15 is 0 Å². The monoisotopic (exact) mass is 575 g/mol. The second-order valence-corrected chi connectivity index (χ2v) is 11.3. The maximum atomic E-state index is 12.8. The molecule has 3 aromatic rings. The number of aliphatic hydroxyl groups is 2. The maximum Gasteiger partial charge on any atom is 0.613 e. The number of aliphatic hydroxyl groups excluding tert-OH is 1. The van der Waals surface area contributed by atoms with Gasteiger partial charge in [-0.1, -0.05) is 35.4 Å². The summed E-state index contributed by atoms with van der Waals surface area (Å²) in [6.45, 7) is 4.78. The summed E-state index contributed by atoms with van der Waals surface area (Å²) >= 11 is 0. The van der Waals surface area contributed by atoms with Gasteiger partial charge in [0.15, 0.2) is 17.2 Å². The molecule has 0 radical (unpaired) electrons. The van der Waals surface area contributed by atoms with E-state index in [-0.39, 0.29) is 31.0 Å². The minimum absolute atomic E-state index is 0.0408. The Morgan fingerprint density at radius 3 is 2.65 bits per heavy atom. The van der Waals surface area contributed by atoms with Crippen LogP contribution in [-0.4, -0.2) is 85.0 Å². The lowest BCUT2D eigenvalue weighted by Crippen LogP contribution is -2.40. The largest absolute Gasteiger partial charge is 0.613 e. The molecule has 7 unspecified atom stereocenters. The molecule has 0 amide bonds. The number of nitrogens with one attached hydrogen (secondary N) is 1. The van der Waals surface area contributed by atoms with E-state index in [0.717, 1.165) is 5.56 Å². The van der Waals surface area contributed by atoms with Gasteiger partial charge in [-0.15, -0.1) is 4.52 Å². The normalized spacial score (nSPS) is 28.4. The van der Waals surface area contributed by atoms with Gasteiger partial charge in [-0.25, -0.2) is 4.98 Å². The van der Waals surface area contributed by atoms with Crippen molar-refractivity contribution in [2.24, 2.45) is 0 Å². The summed E-state index contributed by atoms with van der Waals surface area (Å²) < 4.78 is 36.4. The molecule has 15 heteroatoms. The van der Waals surface area contributed by atoms with Crippen LogP contribution >= 0.6 is 8.18 Å². The molecule has 0 spiro atoms. The molecule has 14 nitrogen and oxygen atoms in total. The van der Waals surface area contributed by atoms with E-state index in [9.17, 15) is 19.6 Å². The van der Waals surface area contributed by atoms with Gasteiger partial charge in [-0.3, -0.25) is 4.79 Å². The van der Waals surface area contributed by atoms with Gasteiger partial charge in [0, 0.05) is 6.42 Å². The standard InChI is InChI=1S/C25H32N6O8P/c1-13(2)38-21(33)15(10-14-8-6-5-7-9-14)30-40(35)37-11-16-18(32)25(34)22(24(25,3)39-16)31-12-27-17-19(31)28-23(26)29-20(17)36-4/h5-9,12-13,15-16,18,22,32,34H,10-11H2,1-4H3,(H,30,35)(H2,26,28,29)/q+1. The van der Waals surface area contributed by atoms with Gasteiger partial charge in [0.2, 0.25) is 11.8 Å². The Morgan fingerprint density at radius 2 is 2.02 bits per heavy atom. The molecule has 3 heterocycles. The van der Waals surface area contributed by atoms with Crippen molar-refractivity contribution < 1.29 is 38.3 Å². The smallest absolute Gasteiger partial charge is 0.479 e. The zero-order chi connectivity index (χ0) is 28.8. The van der Waals surface area contributed by atoms with Crippen LogP contribution in [0.4, 0.5) is 5.95 Å². The summed E-state index contributed by atoms with van der Waals surface area (Å²) in [5, 5.41) is 25.2. The molecule has 1 aromatic carbocycles. The average Bonchev–Trinajstić information content (AvgIpc) is 3.13. The van der Waals surface area contributed by atoms with Gasteiger partial charge in [-0.05, 0) is 30.9 Å². The number of carbonyl (C=O) groups excluding carboxylic acids is 1. The van der Waals surface area contributed by atoms with Crippen LogP contribution in [0.15, 0.2) is 36.7 Å². The van der Waals surface area contributed by atoms with Crippen molar-refractivity contribution in [3.63, 3.8) is 0 Å². The topological polar surface area (TPSA) is 193 Å².